The fraction of sp³-hybridized carbons (Fsp3) is 0.154. The molecule has 0 atom stereocenters. The zero-order valence-corrected chi connectivity index (χ0v) is 19.4. The largest absolute Gasteiger partial charge is 0.490 e. The first-order chi connectivity index (χ1) is 15.6. The van der Waals surface area contributed by atoms with Crippen molar-refractivity contribution in [3.05, 3.63) is 89.4 Å². The van der Waals surface area contributed by atoms with Crippen LogP contribution in [0.25, 0.3) is 16.8 Å². The molecule has 0 saturated carbocycles. The van der Waals surface area contributed by atoms with Crippen molar-refractivity contribution in [3.8, 4) is 11.5 Å². The minimum atomic E-state index is -0.103. The molecule has 1 aliphatic rings. The van der Waals surface area contributed by atoms with Gasteiger partial charge in [-0.05, 0) is 47.0 Å². The van der Waals surface area contributed by atoms with Crippen LogP contribution in [0.2, 0.25) is 0 Å². The number of rotatable bonds is 8. The predicted octanol–water partition coefficient (Wildman–Crippen LogP) is 6.20. The Morgan fingerprint density at radius 3 is 2.69 bits per heavy atom. The van der Waals surface area contributed by atoms with Gasteiger partial charge in [-0.15, -0.1) is 6.58 Å². The molecule has 0 N–H and O–H groups in total. The van der Waals surface area contributed by atoms with Gasteiger partial charge in [0.05, 0.1) is 11.5 Å². The van der Waals surface area contributed by atoms with Gasteiger partial charge in [-0.3, -0.25) is 9.69 Å². The van der Waals surface area contributed by atoms with Crippen LogP contribution in [-0.4, -0.2) is 28.3 Å². The Bertz CT molecular complexity index is 1210. The lowest BCUT2D eigenvalue weighted by Gasteiger charge is -2.14. The van der Waals surface area contributed by atoms with Crippen molar-refractivity contribution in [2.75, 3.05) is 13.2 Å². The number of fused-ring (bicyclic) bond motifs is 1. The Labute approximate surface area is 197 Å². The van der Waals surface area contributed by atoms with Crippen molar-refractivity contribution in [2.45, 2.75) is 13.5 Å². The Kier molecular flexibility index (Phi) is 6.93. The van der Waals surface area contributed by atoms with Gasteiger partial charge in [0.15, 0.2) is 11.5 Å². The summed E-state index contributed by atoms with van der Waals surface area (Å²) in [4.78, 5) is 14.7. The summed E-state index contributed by atoms with van der Waals surface area (Å²) in [5, 5.41) is 2.36. The van der Waals surface area contributed by atoms with Gasteiger partial charge in [0.2, 0.25) is 0 Å². The van der Waals surface area contributed by atoms with E-state index in [-0.39, 0.29) is 5.91 Å². The maximum absolute atomic E-state index is 12.6. The second kappa shape index (κ2) is 10.0. The molecule has 0 unspecified atom stereocenters. The molecule has 0 aliphatic carbocycles. The maximum atomic E-state index is 12.6. The molecule has 32 heavy (non-hydrogen) atoms. The third kappa shape index (κ3) is 4.71. The summed E-state index contributed by atoms with van der Waals surface area (Å²) in [6.45, 7) is 6.97. The minimum Gasteiger partial charge on any atom is -0.490 e. The van der Waals surface area contributed by atoms with Crippen LogP contribution in [0.3, 0.4) is 0 Å². The summed E-state index contributed by atoms with van der Waals surface area (Å²) in [6, 6.07) is 20.2. The lowest BCUT2D eigenvalue weighted by atomic mass is 10.1. The highest BCUT2D eigenvalue weighted by molar-refractivity contribution is 8.26. The van der Waals surface area contributed by atoms with E-state index in [2.05, 4.69) is 30.8 Å². The van der Waals surface area contributed by atoms with Crippen LogP contribution in [0.1, 0.15) is 18.1 Å². The van der Waals surface area contributed by atoms with Crippen molar-refractivity contribution in [2.24, 2.45) is 0 Å². The molecule has 1 heterocycles. The molecule has 0 spiro atoms. The zero-order valence-electron chi connectivity index (χ0n) is 17.7. The fourth-order valence-corrected chi connectivity index (χ4v) is 4.79. The highest BCUT2D eigenvalue weighted by Crippen LogP contribution is 2.35. The number of thiocarbonyl (C=S) groups is 1. The van der Waals surface area contributed by atoms with Gasteiger partial charge >= 0.3 is 0 Å². The van der Waals surface area contributed by atoms with Crippen molar-refractivity contribution in [3.63, 3.8) is 0 Å². The van der Waals surface area contributed by atoms with E-state index >= 15 is 0 Å². The molecule has 1 amide bonds. The quantitative estimate of drug-likeness (QED) is 0.227. The maximum Gasteiger partial charge on any atom is 0.266 e. The van der Waals surface area contributed by atoms with E-state index in [0.29, 0.717) is 40.5 Å². The monoisotopic (exact) mass is 461 g/mol. The third-order valence-electron chi connectivity index (χ3n) is 5.01. The molecule has 3 aromatic rings. The molecule has 4 nitrogen and oxygen atoms in total. The van der Waals surface area contributed by atoms with Crippen LogP contribution in [-0.2, 0) is 11.4 Å². The molecule has 1 saturated heterocycles. The van der Waals surface area contributed by atoms with Crippen LogP contribution in [0, 0.1) is 0 Å². The Morgan fingerprint density at radius 2 is 1.88 bits per heavy atom. The summed E-state index contributed by atoms with van der Waals surface area (Å²) in [6.07, 6.45) is 3.50. The van der Waals surface area contributed by atoms with Crippen LogP contribution in [0.4, 0.5) is 0 Å². The molecule has 162 valence electrons. The Hall–Kier alpha value is -3.09. The summed E-state index contributed by atoms with van der Waals surface area (Å²) in [5.41, 5.74) is 1.96. The van der Waals surface area contributed by atoms with Gasteiger partial charge in [-0.2, -0.15) is 0 Å². The molecule has 3 aromatic carbocycles. The SMILES string of the molecule is C=CCN1C(=O)/C(=C/c2ccc(OCc3cccc4ccccc34)c(OCC)c2)SC1=S. The smallest absolute Gasteiger partial charge is 0.266 e. The summed E-state index contributed by atoms with van der Waals surface area (Å²) in [5.74, 6) is 1.20. The molecule has 0 radical (unpaired) electrons. The van der Waals surface area contributed by atoms with E-state index in [1.807, 2.05) is 49.4 Å². The van der Waals surface area contributed by atoms with Crippen molar-refractivity contribution in [1.82, 2.24) is 4.90 Å². The van der Waals surface area contributed by atoms with Crippen LogP contribution in [0.15, 0.2) is 78.2 Å². The standard InChI is InChI=1S/C26H23NO3S2/c1-3-14-27-25(28)24(32-26(27)31)16-18-12-13-22(23(15-18)29-4-2)30-17-20-10-7-9-19-8-5-6-11-21(19)20/h3,5-13,15-16H,1,4,14,17H2,2H3/b24-16-. The Balaban J connectivity index is 1.56. The van der Waals surface area contributed by atoms with Gasteiger partial charge < -0.3 is 9.47 Å². The number of hydrogen-bond acceptors (Lipinski definition) is 5. The third-order valence-corrected chi connectivity index (χ3v) is 6.39. The van der Waals surface area contributed by atoms with Crippen molar-refractivity contribution in [1.29, 1.82) is 0 Å². The molecule has 0 aromatic heterocycles. The average Bonchev–Trinajstić information content (AvgIpc) is 3.06. The predicted molar refractivity (Wildman–Crippen MR) is 136 cm³/mol. The number of thioether (sulfide) groups is 1. The second-order valence-electron chi connectivity index (χ2n) is 7.15. The van der Waals surface area contributed by atoms with Crippen LogP contribution < -0.4 is 9.47 Å². The molecule has 0 bridgehead atoms. The lowest BCUT2D eigenvalue weighted by molar-refractivity contribution is -0.121. The first-order valence-corrected chi connectivity index (χ1v) is 11.6. The highest BCUT2D eigenvalue weighted by atomic mass is 32.2. The number of carbonyl (C=O) groups is 1. The molecule has 6 heteroatoms. The first-order valence-electron chi connectivity index (χ1n) is 10.3. The molecular weight excluding hydrogens is 438 g/mol. The fourth-order valence-electron chi connectivity index (χ4n) is 3.51. The highest BCUT2D eigenvalue weighted by Gasteiger charge is 2.31. The number of carbonyl (C=O) groups excluding carboxylic acids is 1. The van der Waals surface area contributed by atoms with Gasteiger partial charge in [-0.1, -0.05) is 78.6 Å². The zero-order chi connectivity index (χ0) is 22.5. The van der Waals surface area contributed by atoms with E-state index in [9.17, 15) is 4.79 Å². The summed E-state index contributed by atoms with van der Waals surface area (Å²) >= 11 is 6.61. The normalized spacial score (nSPS) is 14.9. The van der Waals surface area contributed by atoms with Gasteiger partial charge in [0.1, 0.15) is 10.9 Å². The molecule has 4 rings (SSSR count). The molecule has 1 fully saturated rings. The van der Waals surface area contributed by atoms with E-state index in [1.54, 1.807) is 11.0 Å². The number of ether oxygens (including phenoxy) is 2. The summed E-state index contributed by atoms with van der Waals surface area (Å²) < 4.78 is 12.5. The van der Waals surface area contributed by atoms with Crippen molar-refractivity contribution >= 4 is 51.1 Å². The van der Waals surface area contributed by atoms with E-state index in [1.165, 1.54) is 22.5 Å². The number of amides is 1. The molecule has 1 aliphatic heterocycles. The number of nitrogens with zero attached hydrogens (tertiary/aromatic N) is 1. The number of benzene rings is 3. The van der Waals surface area contributed by atoms with Crippen LogP contribution in [0.5, 0.6) is 11.5 Å². The van der Waals surface area contributed by atoms with E-state index < -0.39 is 0 Å². The van der Waals surface area contributed by atoms with Gasteiger partial charge in [0.25, 0.3) is 5.91 Å². The van der Waals surface area contributed by atoms with Crippen molar-refractivity contribution < 1.29 is 14.3 Å². The van der Waals surface area contributed by atoms with Gasteiger partial charge in [0, 0.05) is 6.54 Å². The lowest BCUT2D eigenvalue weighted by Crippen LogP contribution is -2.27. The Morgan fingerprint density at radius 1 is 1.06 bits per heavy atom. The average molecular weight is 462 g/mol. The van der Waals surface area contributed by atoms with Crippen LogP contribution >= 0.6 is 24.0 Å². The van der Waals surface area contributed by atoms with Gasteiger partial charge in [-0.25, -0.2) is 0 Å². The number of hydrogen-bond donors (Lipinski definition) is 0. The second-order valence-corrected chi connectivity index (χ2v) is 8.82. The topological polar surface area (TPSA) is 38.8 Å². The minimum absolute atomic E-state index is 0.103. The van der Waals surface area contributed by atoms with E-state index in [0.717, 1.165) is 11.1 Å². The molecular formula is C26H23NO3S2. The first kappa shape index (κ1) is 22.1. The summed E-state index contributed by atoms with van der Waals surface area (Å²) in [7, 11) is 0. The van der Waals surface area contributed by atoms with E-state index in [4.69, 9.17) is 21.7 Å².